The zero-order valence-electron chi connectivity index (χ0n) is 18.6. The van der Waals surface area contributed by atoms with Crippen molar-refractivity contribution in [1.29, 1.82) is 0 Å². The largest absolute Gasteiger partial charge is 0.376 e. The van der Waals surface area contributed by atoms with Crippen LogP contribution in [-0.2, 0) is 11.3 Å². The fraction of sp³-hybridized carbons (Fsp3) is 0.600. The minimum Gasteiger partial charge on any atom is -0.376 e. The second-order valence-electron chi connectivity index (χ2n) is 9.64. The minimum absolute atomic E-state index is 0.0115. The number of benzene rings is 1. The fourth-order valence-electron chi connectivity index (χ4n) is 4.99. The number of nitrogens with zero attached hydrogens (tertiary/aromatic N) is 3. The summed E-state index contributed by atoms with van der Waals surface area (Å²) in [5.41, 5.74) is 2.37. The maximum absolute atomic E-state index is 14.0. The predicted molar refractivity (Wildman–Crippen MR) is 120 cm³/mol. The van der Waals surface area contributed by atoms with Crippen LogP contribution in [-0.4, -0.2) is 64.8 Å². The molecule has 3 aliphatic rings. The highest BCUT2D eigenvalue weighted by molar-refractivity contribution is 5.92. The summed E-state index contributed by atoms with van der Waals surface area (Å²) in [5, 5.41) is 7.40. The van der Waals surface area contributed by atoms with Gasteiger partial charge in [-0.3, -0.25) is 14.8 Å². The van der Waals surface area contributed by atoms with Crippen LogP contribution < -0.4 is 0 Å². The van der Waals surface area contributed by atoms with Crippen molar-refractivity contribution in [2.45, 2.75) is 57.1 Å². The van der Waals surface area contributed by atoms with Gasteiger partial charge in [0.2, 0.25) is 0 Å². The van der Waals surface area contributed by atoms with Gasteiger partial charge in [-0.05, 0) is 69.7 Å². The monoisotopic (exact) mass is 440 g/mol. The Morgan fingerprint density at radius 2 is 1.97 bits per heavy atom. The molecule has 2 aromatic rings. The van der Waals surface area contributed by atoms with Gasteiger partial charge in [0.15, 0.2) is 0 Å². The minimum atomic E-state index is -0.132. The SMILES string of the molecule is O=C(c1cc(C2CC2)[nH]n1)N(CC1CCN(Cc2ccccc2F)CC1)CC1CCCO1. The van der Waals surface area contributed by atoms with E-state index in [4.69, 9.17) is 4.74 Å². The molecule has 1 saturated carbocycles. The lowest BCUT2D eigenvalue weighted by Crippen LogP contribution is -2.43. The first kappa shape index (κ1) is 21.6. The van der Waals surface area contributed by atoms with Gasteiger partial charge in [-0.15, -0.1) is 0 Å². The summed E-state index contributed by atoms with van der Waals surface area (Å²) in [5.74, 6) is 0.874. The van der Waals surface area contributed by atoms with E-state index >= 15 is 0 Å². The van der Waals surface area contributed by atoms with Crippen LogP contribution >= 0.6 is 0 Å². The first-order chi connectivity index (χ1) is 15.7. The number of aromatic amines is 1. The van der Waals surface area contributed by atoms with Crippen LogP contribution in [0.4, 0.5) is 4.39 Å². The van der Waals surface area contributed by atoms with Crippen LogP contribution in [0.15, 0.2) is 30.3 Å². The van der Waals surface area contributed by atoms with E-state index in [2.05, 4.69) is 15.1 Å². The molecule has 172 valence electrons. The molecule has 1 aromatic heterocycles. The van der Waals surface area contributed by atoms with Crippen LogP contribution in [0.1, 0.15) is 66.2 Å². The number of carbonyl (C=O) groups is 1. The Labute approximate surface area is 189 Å². The molecule has 1 unspecified atom stereocenters. The van der Waals surface area contributed by atoms with Gasteiger partial charge in [-0.25, -0.2) is 4.39 Å². The topological polar surface area (TPSA) is 61.5 Å². The van der Waals surface area contributed by atoms with E-state index in [1.165, 1.54) is 18.9 Å². The third kappa shape index (κ3) is 5.21. The molecule has 1 aliphatic carbocycles. The van der Waals surface area contributed by atoms with Gasteiger partial charge >= 0.3 is 0 Å². The number of halogens is 1. The van der Waals surface area contributed by atoms with Crippen molar-refractivity contribution in [2.75, 3.05) is 32.8 Å². The number of rotatable bonds is 8. The lowest BCUT2D eigenvalue weighted by molar-refractivity contribution is 0.0440. The van der Waals surface area contributed by atoms with E-state index in [9.17, 15) is 9.18 Å². The van der Waals surface area contributed by atoms with E-state index in [1.807, 2.05) is 23.1 Å². The molecule has 5 rings (SSSR count). The zero-order valence-corrected chi connectivity index (χ0v) is 18.6. The quantitative estimate of drug-likeness (QED) is 0.675. The first-order valence-electron chi connectivity index (χ1n) is 12.1. The predicted octanol–water partition coefficient (Wildman–Crippen LogP) is 3.96. The van der Waals surface area contributed by atoms with E-state index in [0.717, 1.165) is 63.2 Å². The highest BCUT2D eigenvalue weighted by Crippen LogP contribution is 2.39. The number of aromatic nitrogens is 2. The molecule has 7 heteroatoms. The standard InChI is InChI=1S/C25H33FN4O2/c26-22-6-2-1-4-20(22)16-29-11-9-18(10-12-29)15-30(17-21-5-3-13-32-21)25(31)24-14-23(27-28-24)19-7-8-19/h1-2,4,6,14,18-19,21H,3,5,7-13,15-17H2,(H,27,28). The van der Waals surface area contributed by atoms with Gasteiger partial charge in [0.1, 0.15) is 11.5 Å². The summed E-state index contributed by atoms with van der Waals surface area (Å²) in [6.45, 7) is 4.66. The highest BCUT2D eigenvalue weighted by atomic mass is 19.1. The lowest BCUT2D eigenvalue weighted by atomic mass is 9.95. The number of nitrogens with one attached hydrogen (secondary N) is 1. The molecule has 1 N–H and O–H groups in total. The van der Waals surface area contributed by atoms with Crippen LogP contribution in [0, 0.1) is 11.7 Å². The summed E-state index contributed by atoms with van der Waals surface area (Å²) in [6.07, 6.45) is 6.59. The Balaban J connectivity index is 1.19. The molecule has 3 heterocycles. The average Bonchev–Trinajstić information content (AvgIpc) is 3.31. The van der Waals surface area contributed by atoms with Gasteiger partial charge < -0.3 is 9.64 Å². The summed E-state index contributed by atoms with van der Waals surface area (Å²) >= 11 is 0. The highest BCUT2D eigenvalue weighted by Gasteiger charge is 2.31. The van der Waals surface area contributed by atoms with Gasteiger partial charge in [0.05, 0.1) is 6.10 Å². The summed E-state index contributed by atoms with van der Waals surface area (Å²) in [6, 6.07) is 8.96. The Kier molecular flexibility index (Phi) is 6.55. The molecular weight excluding hydrogens is 407 g/mol. The number of hydrogen-bond donors (Lipinski definition) is 1. The van der Waals surface area contributed by atoms with Gasteiger partial charge in [0, 0.05) is 43.4 Å². The molecule has 3 fully saturated rings. The number of ether oxygens (including phenoxy) is 1. The third-order valence-electron chi connectivity index (χ3n) is 7.11. The molecule has 6 nitrogen and oxygen atoms in total. The normalized spacial score (nSPS) is 22.3. The second-order valence-corrected chi connectivity index (χ2v) is 9.64. The van der Waals surface area contributed by atoms with Crippen molar-refractivity contribution >= 4 is 5.91 Å². The van der Waals surface area contributed by atoms with Gasteiger partial charge in [-0.2, -0.15) is 5.10 Å². The maximum atomic E-state index is 14.0. The molecular formula is C25H33FN4O2. The number of carbonyl (C=O) groups excluding carboxylic acids is 1. The van der Waals surface area contributed by atoms with Gasteiger partial charge in [-0.1, -0.05) is 18.2 Å². The second kappa shape index (κ2) is 9.71. The molecule has 1 atom stereocenters. The molecule has 1 amide bonds. The summed E-state index contributed by atoms with van der Waals surface area (Å²) in [4.78, 5) is 17.6. The van der Waals surface area contributed by atoms with E-state index < -0.39 is 0 Å². The number of H-pyrrole nitrogens is 1. The Hall–Kier alpha value is -2.25. The van der Waals surface area contributed by atoms with Crippen molar-refractivity contribution in [3.63, 3.8) is 0 Å². The third-order valence-corrected chi connectivity index (χ3v) is 7.11. The first-order valence-corrected chi connectivity index (χ1v) is 12.1. The van der Waals surface area contributed by atoms with E-state index in [-0.39, 0.29) is 17.8 Å². The van der Waals surface area contributed by atoms with Crippen molar-refractivity contribution < 1.29 is 13.9 Å². The average molecular weight is 441 g/mol. The van der Waals surface area contributed by atoms with Crippen LogP contribution in [0.25, 0.3) is 0 Å². The van der Waals surface area contributed by atoms with Crippen molar-refractivity contribution in [1.82, 2.24) is 20.0 Å². The van der Waals surface area contributed by atoms with Crippen molar-refractivity contribution in [3.8, 4) is 0 Å². The van der Waals surface area contributed by atoms with Gasteiger partial charge in [0.25, 0.3) is 5.91 Å². The molecule has 0 radical (unpaired) electrons. The van der Waals surface area contributed by atoms with Crippen LogP contribution in [0.2, 0.25) is 0 Å². The Morgan fingerprint density at radius 1 is 1.16 bits per heavy atom. The zero-order chi connectivity index (χ0) is 21.9. The molecule has 1 aromatic carbocycles. The smallest absolute Gasteiger partial charge is 0.274 e. The summed E-state index contributed by atoms with van der Waals surface area (Å²) in [7, 11) is 0. The Bertz CT molecular complexity index is 914. The van der Waals surface area contributed by atoms with Crippen molar-refractivity contribution in [3.05, 3.63) is 53.1 Å². The van der Waals surface area contributed by atoms with E-state index in [1.54, 1.807) is 6.07 Å². The molecule has 2 aliphatic heterocycles. The number of likely N-dealkylation sites (tertiary alicyclic amines) is 1. The number of hydrogen-bond acceptors (Lipinski definition) is 4. The molecule has 0 spiro atoms. The fourth-order valence-corrected chi connectivity index (χ4v) is 4.99. The summed E-state index contributed by atoms with van der Waals surface area (Å²) < 4.78 is 19.8. The Morgan fingerprint density at radius 3 is 2.69 bits per heavy atom. The molecule has 0 bridgehead atoms. The number of piperidine rings is 1. The van der Waals surface area contributed by atoms with Crippen molar-refractivity contribution in [2.24, 2.45) is 5.92 Å². The number of amides is 1. The maximum Gasteiger partial charge on any atom is 0.274 e. The lowest BCUT2D eigenvalue weighted by Gasteiger charge is -2.35. The van der Waals surface area contributed by atoms with Crippen LogP contribution in [0.5, 0.6) is 0 Å². The van der Waals surface area contributed by atoms with Crippen LogP contribution in [0.3, 0.4) is 0 Å². The molecule has 32 heavy (non-hydrogen) atoms. The molecule has 2 saturated heterocycles. The van der Waals surface area contributed by atoms with E-state index in [0.29, 0.717) is 30.6 Å².